The average molecular weight is 168 g/mol. The second kappa shape index (κ2) is 2.67. The Morgan fingerprint density at radius 1 is 1.50 bits per heavy atom. The van der Waals surface area contributed by atoms with Crippen molar-refractivity contribution in [2.24, 2.45) is 0 Å². The molecule has 1 rings (SSSR count). The number of rotatable bonds is 0. The van der Waals surface area contributed by atoms with Crippen LogP contribution in [0.1, 0.15) is 0 Å². The quantitative estimate of drug-likeness (QED) is 0.440. The summed E-state index contributed by atoms with van der Waals surface area (Å²) in [6.07, 6.45) is 1.74. The fourth-order valence-corrected chi connectivity index (χ4v) is 1.22. The molecule has 8 heavy (non-hydrogen) atoms. The highest BCUT2D eigenvalue weighted by Gasteiger charge is 2.00. The van der Waals surface area contributed by atoms with Crippen LogP contribution in [-0.4, -0.2) is 0 Å². The van der Waals surface area contributed by atoms with Crippen LogP contribution < -0.4 is 4.72 Å². The van der Waals surface area contributed by atoms with E-state index in [0.29, 0.717) is 10.2 Å². The van der Waals surface area contributed by atoms with Crippen LogP contribution in [0.25, 0.3) is 0 Å². The molecule has 1 heterocycles. The normalized spacial score (nSPS) is 18.8. The van der Waals surface area contributed by atoms with Crippen LogP contribution in [0.15, 0.2) is 21.7 Å². The molecule has 1 aliphatic rings. The van der Waals surface area contributed by atoms with Crippen molar-refractivity contribution in [3.63, 3.8) is 0 Å². The molecule has 0 fully saturated rings. The van der Waals surface area contributed by atoms with E-state index in [0.717, 1.165) is 0 Å². The zero-order chi connectivity index (χ0) is 5.98. The van der Waals surface area contributed by atoms with E-state index in [9.17, 15) is 0 Å². The average Bonchev–Trinajstić information content (AvgIpc) is 1.77. The van der Waals surface area contributed by atoms with Crippen LogP contribution in [-0.2, 0) is 0 Å². The Labute approximate surface area is 61.9 Å². The van der Waals surface area contributed by atoms with Crippen molar-refractivity contribution in [3.05, 3.63) is 21.7 Å². The smallest absolute Gasteiger partial charge is 0.131 e. The van der Waals surface area contributed by atoms with Gasteiger partial charge in [-0.25, -0.2) is 0 Å². The van der Waals surface area contributed by atoms with Gasteiger partial charge in [0.25, 0.3) is 0 Å². The molecule has 1 aliphatic heterocycles. The minimum atomic E-state index is 0.499. The van der Waals surface area contributed by atoms with Crippen molar-refractivity contribution in [1.82, 2.24) is 4.72 Å². The Morgan fingerprint density at radius 2 is 2.25 bits per heavy atom. The lowest BCUT2D eigenvalue weighted by molar-refractivity contribution is 1.35. The minimum Gasteiger partial charge on any atom is -0.315 e. The Morgan fingerprint density at radius 3 is 2.62 bits per heavy atom. The number of halogens is 2. The van der Waals surface area contributed by atoms with Gasteiger partial charge in [-0.15, -0.1) is 0 Å². The van der Waals surface area contributed by atoms with Crippen LogP contribution >= 0.6 is 35.1 Å². The van der Waals surface area contributed by atoms with Gasteiger partial charge in [-0.05, 0) is 23.4 Å². The highest BCUT2D eigenvalue weighted by molar-refractivity contribution is 8.00. The predicted molar refractivity (Wildman–Crippen MR) is 38.6 cm³/mol. The van der Waals surface area contributed by atoms with E-state index >= 15 is 0 Å². The van der Waals surface area contributed by atoms with E-state index in [-0.39, 0.29) is 0 Å². The zero-order valence-electron chi connectivity index (χ0n) is 3.82. The van der Waals surface area contributed by atoms with Gasteiger partial charge in [0.05, 0.1) is 5.03 Å². The first-order valence-electron chi connectivity index (χ1n) is 1.94. The third-order valence-electron chi connectivity index (χ3n) is 0.641. The largest absolute Gasteiger partial charge is 0.315 e. The highest BCUT2D eigenvalue weighted by atomic mass is 35.5. The molecule has 0 bridgehead atoms. The second-order valence-corrected chi connectivity index (χ2v) is 2.68. The van der Waals surface area contributed by atoms with Crippen molar-refractivity contribution in [3.8, 4) is 0 Å². The van der Waals surface area contributed by atoms with E-state index in [1.165, 1.54) is 11.9 Å². The summed E-state index contributed by atoms with van der Waals surface area (Å²) < 4.78 is 2.77. The maximum atomic E-state index is 5.55. The van der Waals surface area contributed by atoms with E-state index in [1.54, 1.807) is 6.08 Å². The molecule has 0 radical (unpaired) electrons. The van der Waals surface area contributed by atoms with Crippen LogP contribution in [0.5, 0.6) is 0 Å². The first-order chi connectivity index (χ1) is 3.80. The molecule has 4 heteroatoms. The summed E-state index contributed by atoms with van der Waals surface area (Å²) in [4.78, 5) is 0. The molecule has 0 aromatic heterocycles. The van der Waals surface area contributed by atoms with Crippen molar-refractivity contribution in [1.29, 1.82) is 0 Å². The van der Waals surface area contributed by atoms with Gasteiger partial charge in [-0.1, -0.05) is 23.2 Å². The topological polar surface area (TPSA) is 12.0 Å². The number of allylic oxidation sites excluding steroid dienone is 2. The summed E-state index contributed by atoms with van der Waals surface area (Å²) in [6, 6.07) is 0. The Hall–Kier alpha value is 0.210. The third kappa shape index (κ3) is 1.34. The molecule has 1 N–H and O–H groups in total. The predicted octanol–water partition coefficient (Wildman–Crippen LogP) is 2.40. The molecule has 1 nitrogen and oxygen atoms in total. The van der Waals surface area contributed by atoms with E-state index in [4.69, 9.17) is 23.2 Å². The molecule has 0 saturated carbocycles. The van der Waals surface area contributed by atoms with Gasteiger partial charge >= 0.3 is 0 Å². The minimum absolute atomic E-state index is 0.499. The number of hydrogen-bond acceptors (Lipinski definition) is 2. The van der Waals surface area contributed by atoms with Gasteiger partial charge in [0.15, 0.2) is 0 Å². The Balaban J connectivity index is 2.76. The molecule has 0 unspecified atom stereocenters. The second-order valence-electron chi connectivity index (χ2n) is 1.18. The summed E-state index contributed by atoms with van der Waals surface area (Å²) in [7, 11) is 0. The molecular weight excluding hydrogens is 165 g/mol. The van der Waals surface area contributed by atoms with Crippen molar-refractivity contribution in [2.45, 2.75) is 0 Å². The lowest BCUT2D eigenvalue weighted by Gasteiger charge is -2.04. The van der Waals surface area contributed by atoms with Crippen molar-refractivity contribution in [2.75, 3.05) is 0 Å². The SMILES string of the molecule is ClC1=C(Cl)NSC=C1. The molecule has 0 atom stereocenters. The molecule has 44 valence electrons. The summed E-state index contributed by atoms with van der Waals surface area (Å²) >= 11 is 12.5. The molecule has 0 amide bonds. The lowest BCUT2D eigenvalue weighted by Crippen LogP contribution is -1.99. The molecule has 0 spiro atoms. The van der Waals surface area contributed by atoms with Crippen LogP contribution in [0.2, 0.25) is 0 Å². The molecular formula is C4H3Cl2NS. The van der Waals surface area contributed by atoms with Gasteiger partial charge in [0.1, 0.15) is 5.16 Å². The first kappa shape index (κ1) is 6.33. The fourth-order valence-electron chi connectivity index (χ4n) is 0.301. The summed E-state index contributed by atoms with van der Waals surface area (Å²) in [5, 5.41) is 2.89. The fraction of sp³-hybridized carbons (Fsp3) is 0. The third-order valence-corrected chi connectivity index (χ3v) is 2.06. The zero-order valence-corrected chi connectivity index (χ0v) is 6.15. The Kier molecular flexibility index (Phi) is 2.11. The van der Waals surface area contributed by atoms with Crippen LogP contribution in [0.4, 0.5) is 0 Å². The lowest BCUT2D eigenvalue weighted by atomic mass is 10.6. The molecule has 0 aromatic rings. The summed E-state index contributed by atoms with van der Waals surface area (Å²) in [5.74, 6) is 0. The van der Waals surface area contributed by atoms with Crippen LogP contribution in [0, 0.1) is 0 Å². The van der Waals surface area contributed by atoms with Gasteiger partial charge in [-0.2, -0.15) is 0 Å². The molecule has 0 aromatic carbocycles. The first-order valence-corrected chi connectivity index (χ1v) is 3.58. The van der Waals surface area contributed by atoms with Gasteiger partial charge in [0.2, 0.25) is 0 Å². The Bertz CT molecular complexity index is 152. The molecule has 0 aliphatic carbocycles. The van der Waals surface area contributed by atoms with Crippen molar-refractivity contribution < 1.29 is 0 Å². The number of nitrogens with one attached hydrogen (secondary N) is 1. The van der Waals surface area contributed by atoms with Gasteiger partial charge in [0, 0.05) is 0 Å². The molecule has 0 saturated heterocycles. The van der Waals surface area contributed by atoms with E-state index in [1.807, 2.05) is 5.41 Å². The van der Waals surface area contributed by atoms with Crippen molar-refractivity contribution >= 4 is 35.1 Å². The van der Waals surface area contributed by atoms with Crippen LogP contribution in [0.3, 0.4) is 0 Å². The number of hydrogen-bond donors (Lipinski definition) is 1. The maximum Gasteiger partial charge on any atom is 0.131 e. The summed E-state index contributed by atoms with van der Waals surface area (Å²) in [5.41, 5.74) is 0. The summed E-state index contributed by atoms with van der Waals surface area (Å²) in [6.45, 7) is 0. The van der Waals surface area contributed by atoms with Gasteiger partial charge in [-0.3, -0.25) is 0 Å². The monoisotopic (exact) mass is 167 g/mol. The highest BCUT2D eigenvalue weighted by Crippen LogP contribution is 2.20. The standard InChI is InChI=1S/C4H3Cl2NS/c5-3-1-2-8-7-4(3)6/h1-2,7H. The van der Waals surface area contributed by atoms with Gasteiger partial charge < -0.3 is 4.72 Å². The van der Waals surface area contributed by atoms with E-state index < -0.39 is 0 Å². The van der Waals surface area contributed by atoms with E-state index in [2.05, 4.69) is 4.72 Å². The maximum absolute atomic E-state index is 5.55.